The molecule has 32 heavy (non-hydrogen) atoms. The van der Waals surface area contributed by atoms with E-state index in [9.17, 15) is 24.6 Å². The molecule has 1 aromatic heterocycles. The summed E-state index contributed by atoms with van der Waals surface area (Å²) in [4.78, 5) is 35.5. The average molecular weight is 438 g/mol. The number of rotatable bonds is 9. The van der Waals surface area contributed by atoms with Crippen LogP contribution in [-0.2, 0) is 10.2 Å². The SMILES string of the molecule is CC(C)(c1ccc(-c2ccccc2)cc1)[C@H](C[C@@H](CO)C(=O)O)NC(=O)c1cc(=O)[nH]o1. The van der Waals surface area contributed by atoms with E-state index in [0.717, 1.165) is 22.8 Å². The van der Waals surface area contributed by atoms with E-state index in [1.807, 2.05) is 68.4 Å². The third kappa shape index (κ3) is 5.15. The van der Waals surface area contributed by atoms with Crippen LogP contribution in [0.25, 0.3) is 11.1 Å². The maximum atomic E-state index is 12.7. The lowest BCUT2D eigenvalue weighted by Gasteiger charge is -2.36. The highest BCUT2D eigenvalue weighted by atomic mass is 16.5. The van der Waals surface area contributed by atoms with E-state index in [4.69, 9.17) is 4.52 Å². The van der Waals surface area contributed by atoms with Gasteiger partial charge in [0.25, 0.3) is 11.5 Å². The molecule has 168 valence electrons. The van der Waals surface area contributed by atoms with Gasteiger partial charge in [-0.15, -0.1) is 0 Å². The van der Waals surface area contributed by atoms with Gasteiger partial charge in [0.15, 0.2) is 0 Å². The van der Waals surface area contributed by atoms with Gasteiger partial charge in [-0.05, 0) is 23.1 Å². The Balaban J connectivity index is 1.91. The predicted octanol–water partition coefficient (Wildman–Crippen LogP) is 2.79. The molecule has 1 heterocycles. The zero-order chi connectivity index (χ0) is 23.3. The molecule has 0 bridgehead atoms. The van der Waals surface area contributed by atoms with Crippen molar-refractivity contribution in [3.63, 3.8) is 0 Å². The average Bonchev–Trinajstić information content (AvgIpc) is 3.23. The van der Waals surface area contributed by atoms with Gasteiger partial charge in [-0.3, -0.25) is 14.4 Å². The highest BCUT2D eigenvalue weighted by molar-refractivity contribution is 5.91. The lowest BCUT2D eigenvalue weighted by molar-refractivity contribution is -0.143. The van der Waals surface area contributed by atoms with Crippen molar-refractivity contribution < 1.29 is 24.3 Å². The first kappa shape index (κ1) is 23.0. The Kier molecular flexibility index (Phi) is 6.95. The quantitative estimate of drug-likeness (QED) is 0.406. The molecular formula is C24H26N2O6. The molecule has 8 nitrogen and oxygen atoms in total. The Hall–Kier alpha value is -3.65. The monoisotopic (exact) mass is 438 g/mol. The summed E-state index contributed by atoms with van der Waals surface area (Å²) in [5.41, 5.74) is 1.71. The molecule has 1 amide bonds. The number of carboxylic acid groups (broad SMARTS) is 1. The Labute approximate surface area is 184 Å². The fourth-order valence-electron chi connectivity index (χ4n) is 3.62. The molecule has 2 atom stereocenters. The highest BCUT2D eigenvalue weighted by Gasteiger charge is 2.36. The number of amides is 1. The topological polar surface area (TPSA) is 133 Å². The van der Waals surface area contributed by atoms with Crippen LogP contribution in [0.3, 0.4) is 0 Å². The van der Waals surface area contributed by atoms with Crippen LogP contribution in [0.5, 0.6) is 0 Å². The largest absolute Gasteiger partial charge is 0.481 e. The normalized spacial score (nSPS) is 13.3. The van der Waals surface area contributed by atoms with Crippen molar-refractivity contribution in [2.45, 2.75) is 31.7 Å². The standard InChI is InChI=1S/C24H26N2O6/c1-24(2,18-10-8-16(9-11-18)15-6-4-3-5-7-15)20(12-17(14-27)23(30)31)25-22(29)19-13-21(28)26-32-19/h3-11,13,17,20,27H,12,14H2,1-2H3,(H,25,29)(H,26,28)(H,30,31)/t17-,20-/m0/s1. The van der Waals surface area contributed by atoms with E-state index in [1.165, 1.54) is 0 Å². The van der Waals surface area contributed by atoms with Crippen LogP contribution in [0.15, 0.2) is 70.0 Å². The molecule has 0 radical (unpaired) electrons. The Morgan fingerprint density at radius 3 is 2.22 bits per heavy atom. The predicted molar refractivity (Wildman–Crippen MR) is 118 cm³/mol. The van der Waals surface area contributed by atoms with Crippen molar-refractivity contribution in [1.82, 2.24) is 10.5 Å². The minimum Gasteiger partial charge on any atom is -0.481 e. The molecule has 0 aliphatic heterocycles. The number of carbonyl (C=O) groups excluding carboxylic acids is 1. The van der Waals surface area contributed by atoms with Crippen LogP contribution >= 0.6 is 0 Å². The van der Waals surface area contributed by atoms with E-state index in [-0.39, 0.29) is 12.2 Å². The number of carboxylic acids is 1. The number of aliphatic hydroxyl groups excluding tert-OH is 1. The number of aromatic nitrogens is 1. The third-order valence-corrected chi connectivity index (χ3v) is 5.75. The van der Waals surface area contributed by atoms with Crippen molar-refractivity contribution in [3.05, 3.63) is 82.3 Å². The van der Waals surface area contributed by atoms with Gasteiger partial charge in [0.05, 0.1) is 18.6 Å². The van der Waals surface area contributed by atoms with E-state index >= 15 is 0 Å². The molecule has 2 aromatic carbocycles. The Morgan fingerprint density at radius 2 is 1.69 bits per heavy atom. The van der Waals surface area contributed by atoms with E-state index in [2.05, 4.69) is 10.5 Å². The van der Waals surface area contributed by atoms with Crippen LogP contribution in [0.1, 0.15) is 36.4 Å². The van der Waals surface area contributed by atoms with Gasteiger partial charge in [0.1, 0.15) is 0 Å². The van der Waals surface area contributed by atoms with Crippen LogP contribution in [0, 0.1) is 5.92 Å². The third-order valence-electron chi connectivity index (χ3n) is 5.75. The summed E-state index contributed by atoms with van der Waals surface area (Å²) in [5, 5.41) is 23.8. The van der Waals surface area contributed by atoms with Gasteiger partial charge in [0, 0.05) is 11.5 Å². The van der Waals surface area contributed by atoms with E-state index in [0.29, 0.717) is 0 Å². The smallest absolute Gasteiger partial charge is 0.308 e. The van der Waals surface area contributed by atoms with Gasteiger partial charge in [-0.1, -0.05) is 68.4 Å². The van der Waals surface area contributed by atoms with Gasteiger partial charge in [-0.25, -0.2) is 0 Å². The second-order valence-corrected chi connectivity index (χ2v) is 8.22. The maximum Gasteiger partial charge on any atom is 0.308 e. The molecule has 3 rings (SSSR count). The maximum absolute atomic E-state index is 12.7. The van der Waals surface area contributed by atoms with Crippen molar-refractivity contribution in [1.29, 1.82) is 0 Å². The lowest BCUT2D eigenvalue weighted by Crippen LogP contribution is -2.49. The minimum absolute atomic E-state index is 0.0142. The molecule has 0 aliphatic carbocycles. The van der Waals surface area contributed by atoms with Gasteiger partial charge in [0.2, 0.25) is 5.76 Å². The fraction of sp³-hybridized carbons (Fsp3) is 0.292. The van der Waals surface area contributed by atoms with E-state index in [1.54, 1.807) is 0 Å². The lowest BCUT2D eigenvalue weighted by atomic mass is 9.74. The number of aromatic amines is 1. The Morgan fingerprint density at radius 1 is 1.06 bits per heavy atom. The molecule has 8 heteroatoms. The van der Waals surface area contributed by atoms with Gasteiger partial charge >= 0.3 is 5.97 Å². The molecule has 3 aromatic rings. The number of benzene rings is 2. The minimum atomic E-state index is -1.16. The number of aliphatic carboxylic acids is 1. The zero-order valence-electron chi connectivity index (χ0n) is 17.9. The molecule has 0 spiro atoms. The summed E-state index contributed by atoms with van der Waals surface area (Å²) in [5.74, 6) is -3.08. The van der Waals surface area contributed by atoms with Gasteiger partial charge < -0.3 is 20.1 Å². The fourth-order valence-corrected chi connectivity index (χ4v) is 3.62. The number of hydrogen-bond donors (Lipinski definition) is 4. The van der Waals surface area contributed by atoms with Gasteiger partial charge in [-0.2, -0.15) is 5.16 Å². The van der Waals surface area contributed by atoms with Crippen molar-refractivity contribution >= 4 is 11.9 Å². The summed E-state index contributed by atoms with van der Waals surface area (Å²) >= 11 is 0. The molecule has 0 saturated heterocycles. The summed E-state index contributed by atoms with van der Waals surface area (Å²) in [7, 11) is 0. The number of hydrogen-bond acceptors (Lipinski definition) is 5. The van der Waals surface area contributed by atoms with Crippen LogP contribution in [0.2, 0.25) is 0 Å². The second-order valence-electron chi connectivity index (χ2n) is 8.22. The first-order valence-electron chi connectivity index (χ1n) is 10.2. The van der Waals surface area contributed by atoms with Crippen LogP contribution in [0.4, 0.5) is 0 Å². The number of aliphatic hydroxyl groups is 1. The van der Waals surface area contributed by atoms with Crippen molar-refractivity contribution in [3.8, 4) is 11.1 Å². The molecule has 0 unspecified atom stereocenters. The zero-order valence-corrected chi connectivity index (χ0v) is 17.9. The molecule has 0 aliphatic rings. The highest BCUT2D eigenvalue weighted by Crippen LogP contribution is 2.32. The second kappa shape index (κ2) is 9.65. The van der Waals surface area contributed by atoms with Crippen molar-refractivity contribution in [2.24, 2.45) is 5.92 Å². The molecule has 0 fully saturated rings. The first-order valence-corrected chi connectivity index (χ1v) is 10.2. The van der Waals surface area contributed by atoms with Crippen LogP contribution in [-0.4, -0.2) is 39.9 Å². The summed E-state index contributed by atoms with van der Waals surface area (Å²) in [6.45, 7) is 3.21. The number of carbonyl (C=O) groups is 2. The van der Waals surface area contributed by atoms with E-state index < -0.39 is 41.4 Å². The Bertz CT molecular complexity index is 1120. The summed E-state index contributed by atoms with van der Waals surface area (Å²) in [6, 6.07) is 18.0. The first-order chi connectivity index (χ1) is 15.2. The number of H-pyrrole nitrogens is 1. The van der Waals surface area contributed by atoms with Crippen molar-refractivity contribution in [2.75, 3.05) is 6.61 Å². The van der Waals surface area contributed by atoms with Crippen LogP contribution < -0.4 is 10.9 Å². The number of nitrogens with one attached hydrogen (secondary N) is 2. The summed E-state index contributed by atoms with van der Waals surface area (Å²) < 4.78 is 4.87. The summed E-state index contributed by atoms with van der Waals surface area (Å²) in [6.07, 6.45) is -0.0142. The molecular weight excluding hydrogens is 412 g/mol. The molecule has 0 saturated carbocycles. The molecule has 4 N–H and O–H groups in total.